The Morgan fingerprint density at radius 3 is 2.69 bits per heavy atom. The molecule has 1 atom stereocenters. The summed E-state index contributed by atoms with van der Waals surface area (Å²) in [5.74, 6) is 0.957. The minimum atomic E-state index is -0.421. The third kappa shape index (κ3) is 3.31. The van der Waals surface area contributed by atoms with E-state index in [1.807, 2.05) is 43.3 Å². The number of nitrogens with one attached hydrogen (secondary N) is 1. The molecule has 0 fully saturated rings. The number of hydrogen-bond acceptors (Lipinski definition) is 6. The molecule has 0 saturated heterocycles. The van der Waals surface area contributed by atoms with Gasteiger partial charge in [0.15, 0.2) is 0 Å². The summed E-state index contributed by atoms with van der Waals surface area (Å²) < 4.78 is 6.92. The van der Waals surface area contributed by atoms with Crippen LogP contribution < -0.4 is 10.1 Å². The third-order valence-corrected chi connectivity index (χ3v) is 4.26. The summed E-state index contributed by atoms with van der Waals surface area (Å²) in [6, 6.07) is 13.0. The van der Waals surface area contributed by atoms with Gasteiger partial charge >= 0.3 is 5.82 Å². The minimum Gasteiger partial charge on any atom is -0.496 e. The van der Waals surface area contributed by atoms with Crippen molar-refractivity contribution in [2.45, 2.75) is 6.04 Å². The molecule has 0 saturated carbocycles. The molecule has 3 rings (SSSR count). The van der Waals surface area contributed by atoms with Crippen molar-refractivity contribution >= 4 is 17.3 Å². The molecule has 0 aliphatic rings. The molecule has 2 heterocycles. The zero-order valence-corrected chi connectivity index (χ0v) is 14.9. The van der Waals surface area contributed by atoms with Gasteiger partial charge in [0, 0.05) is 18.2 Å². The van der Waals surface area contributed by atoms with Gasteiger partial charge in [-0.15, -0.1) is 0 Å². The number of hydrogen-bond donors (Lipinski definition) is 1. The summed E-state index contributed by atoms with van der Waals surface area (Å²) in [6.07, 6.45) is 1.63. The molecule has 0 spiro atoms. The average molecular weight is 355 g/mol. The van der Waals surface area contributed by atoms with Gasteiger partial charge in [0.2, 0.25) is 11.5 Å². The lowest BCUT2D eigenvalue weighted by Gasteiger charge is -2.26. The highest BCUT2D eigenvalue weighted by Crippen LogP contribution is 2.30. The molecular weight excluding hydrogens is 334 g/mol. The zero-order chi connectivity index (χ0) is 18.7. The van der Waals surface area contributed by atoms with E-state index in [1.54, 1.807) is 31.5 Å². The summed E-state index contributed by atoms with van der Waals surface area (Å²) in [6.45, 7) is 0.443. The van der Waals surface area contributed by atoms with Crippen LogP contribution in [0.15, 0.2) is 48.7 Å². The molecule has 0 aliphatic heterocycles. The molecule has 0 amide bonds. The van der Waals surface area contributed by atoms with Crippen LogP contribution in [0.4, 0.5) is 11.6 Å². The number of likely N-dealkylation sites (N-methyl/N-ethyl adjacent to an activating group) is 1. The van der Waals surface area contributed by atoms with Crippen molar-refractivity contribution in [3.8, 4) is 5.75 Å². The van der Waals surface area contributed by atoms with E-state index < -0.39 is 4.92 Å². The number of pyridine rings is 1. The number of para-hydroxylation sites is 1. The van der Waals surface area contributed by atoms with E-state index in [1.165, 1.54) is 4.40 Å². The largest absolute Gasteiger partial charge is 0.496 e. The minimum absolute atomic E-state index is 0.0458. The maximum atomic E-state index is 11.5. The molecule has 0 aliphatic carbocycles. The van der Waals surface area contributed by atoms with Crippen molar-refractivity contribution in [1.29, 1.82) is 0 Å². The van der Waals surface area contributed by atoms with Crippen LogP contribution >= 0.6 is 0 Å². The predicted molar refractivity (Wildman–Crippen MR) is 99.8 cm³/mol. The third-order valence-electron chi connectivity index (χ3n) is 4.26. The van der Waals surface area contributed by atoms with E-state index in [9.17, 15) is 10.1 Å². The lowest BCUT2D eigenvalue weighted by Crippen LogP contribution is -2.27. The van der Waals surface area contributed by atoms with E-state index in [0.29, 0.717) is 12.2 Å². The number of fused-ring (bicyclic) bond motifs is 1. The van der Waals surface area contributed by atoms with Crippen molar-refractivity contribution in [1.82, 2.24) is 14.3 Å². The van der Waals surface area contributed by atoms with Gasteiger partial charge in [-0.3, -0.25) is 0 Å². The maximum absolute atomic E-state index is 11.5. The van der Waals surface area contributed by atoms with Crippen molar-refractivity contribution in [3.05, 3.63) is 64.3 Å². The summed E-state index contributed by atoms with van der Waals surface area (Å²) >= 11 is 0. The van der Waals surface area contributed by atoms with Gasteiger partial charge in [-0.2, -0.15) is 9.38 Å². The van der Waals surface area contributed by atoms with Crippen molar-refractivity contribution < 1.29 is 9.66 Å². The Morgan fingerprint density at radius 1 is 1.27 bits per heavy atom. The fourth-order valence-electron chi connectivity index (χ4n) is 2.98. The topological polar surface area (TPSA) is 84.9 Å². The number of aromatic nitrogens is 2. The zero-order valence-electron chi connectivity index (χ0n) is 14.9. The second kappa shape index (κ2) is 7.40. The lowest BCUT2D eigenvalue weighted by molar-refractivity contribution is -0.389. The van der Waals surface area contributed by atoms with Crippen LogP contribution in [0.25, 0.3) is 5.65 Å². The summed E-state index contributed by atoms with van der Waals surface area (Å²) in [7, 11) is 5.54. The second-order valence-corrected chi connectivity index (χ2v) is 6.07. The maximum Gasteiger partial charge on any atom is 0.372 e. The smallest absolute Gasteiger partial charge is 0.372 e. The van der Waals surface area contributed by atoms with E-state index in [0.717, 1.165) is 11.3 Å². The van der Waals surface area contributed by atoms with Gasteiger partial charge in [0.25, 0.3) is 0 Å². The Balaban J connectivity index is 1.92. The molecule has 0 radical (unpaired) electrons. The van der Waals surface area contributed by atoms with E-state index in [-0.39, 0.29) is 17.7 Å². The molecule has 3 aromatic rings. The Bertz CT molecular complexity index is 922. The molecule has 8 heteroatoms. The molecular formula is C18H21N5O3. The van der Waals surface area contributed by atoms with Crippen molar-refractivity contribution in [2.75, 3.05) is 33.1 Å². The first-order valence-electron chi connectivity index (χ1n) is 8.17. The first kappa shape index (κ1) is 17.7. The Kier molecular flexibility index (Phi) is 5.04. The number of imidazole rings is 1. The van der Waals surface area contributed by atoms with Gasteiger partial charge in [0.1, 0.15) is 5.75 Å². The van der Waals surface area contributed by atoms with Gasteiger partial charge < -0.3 is 25.1 Å². The van der Waals surface area contributed by atoms with Crippen LogP contribution in [-0.4, -0.2) is 47.0 Å². The van der Waals surface area contributed by atoms with Crippen LogP contribution in [0.2, 0.25) is 0 Å². The number of benzene rings is 1. The second-order valence-electron chi connectivity index (χ2n) is 6.07. The first-order valence-corrected chi connectivity index (χ1v) is 8.17. The highest BCUT2D eigenvalue weighted by molar-refractivity contribution is 5.62. The standard InChI is InChI=1S/C18H21N5O3/c1-21(2)14(13-8-4-5-9-15(13)26-3)12-19-17-18(23(24)25)22-11-7-6-10-16(22)20-17/h4-11,14,19H,12H2,1-3H3. The fraction of sp³-hybridized carbons (Fsp3) is 0.278. The molecule has 8 nitrogen and oxygen atoms in total. The SMILES string of the molecule is COc1ccccc1C(CNc1nc2ccccn2c1[N+](=O)[O-])N(C)C. The van der Waals surface area contributed by atoms with E-state index in [4.69, 9.17) is 4.74 Å². The van der Waals surface area contributed by atoms with Crippen LogP contribution in [0.5, 0.6) is 5.75 Å². The van der Waals surface area contributed by atoms with Gasteiger partial charge in [-0.05, 0) is 31.2 Å². The number of methoxy groups -OCH3 is 1. The van der Waals surface area contributed by atoms with E-state index >= 15 is 0 Å². The molecule has 2 aromatic heterocycles. The molecule has 1 N–H and O–H groups in total. The molecule has 1 aromatic carbocycles. The number of rotatable bonds is 7. The summed E-state index contributed by atoms with van der Waals surface area (Å²) in [5.41, 5.74) is 1.53. The predicted octanol–water partition coefficient (Wildman–Crippen LogP) is 2.97. The van der Waals surface area contributed by atoms with Gasteiger partial charge in [-0.25, -0.2) is 0 Å². The Morgan fingerprint density at radius 2 is 2.00 bits per heavy atom. The molecule has 1 unspecified atom stereocenters. The number of nitro groups is 1. The quantitative estimate of drug-likeness (QED) is 0.518. The average Bonchev–Trinajstić information content (AvgIpc) is 3.00. The Hall–Kier alpha value is -3.13. The number of anilines is 1. The van der Waals surface area contributed by atoms with Gasteiger partial charge in [0.05, 0.1) is 19.3 Å². The Labute approximate surface area is 151 Å². The van der Waals surface area contributed by atoms with Crippen LogP contribution in [0.3, 0.4) is 0 Å². The van der Waals surface area contributed by atoms with Crippen LogP contribution in [0, 0.1) is 10.1 Å². The fourth-order valence-corrected chi connectivity index (χ4v) is 2.98. The van der Waals surface area contributed by atoms with Crippen LogP contribution in [0.1, 0.15) is 11.6 Å². The molecule has 136 valence electrons. The molecule has 0 bridgehead atoms. The van der Waals surface area contributed by atoms with Crippen LogP contribution in [-0.2, 0) is 0 Å². The van der Waals surface area contributed by atoms with Crippen molar-refractivity contribution in [2.24, 2.45) is 0 Å². The van der Waals surface area contributed by atoms with E-state index in [2.05, 4.69) is 10.3 Å². The number of nitrogens with zero attached hydrogens (tertiary/aromatic N) is 4. The summed E-state index contributed by atoms with van der Waals surface area (Å²) in [4.78, 5) is 17.5. The van der Waals surface area contributed by atoms with Gasteiger partial charge in [-0.1, -0.05) is 24.3 Å². The van der Waals surface area contributed by atoms with Crippen molar-refractivity contribution in [3.63, 3.8) is 0 Å². The normalized spacial score (nSPS) is 12.3. The highest BCUT2D eigenvalue weighted by atomic mass is 16.6. The highest BCUT2D eigenvalue weighted by Gasteiger charge is 2.24. The first-order chi connectivity index (χ1) is 12.5. The number of ether oxygens (including phenoxy) is 1. The lowest BCUT2D eigenvalue weighted by atomic mass is 10.0. The molecule has 26 heavy (non-hydrogen) atoms. The monoisotopic (exact) mass is 355 g/mol. The summed E-state index contributed by atoms with van der Waals surface area (Å²) in [5, 5.41) is 14.7.